The summed E-state index contributed by atoms with van der Waals surface area (Å²) in [5, 5.41) is 3.09. The molecule has 0 spiro atoms. The van der Waals surface area contributed by atoms with Crippen molar-refractivity contribution < 1.29 is 14.3 Å². The molecule has 7 nitrogen and oxygen atoms in total. The van der Waals surface area contributed by atoms with Crippen LogP contribution >= 0.6 is 11.6 Å². The van der Waals surface area contributed by atoms with Gasteiger partial charge in [-0.2, -0.15) is 0 Å². The second-order valence-corrected chi connectivity index (χ2v) is 5.68. The standard InChI is InChI=1S/C16H12ClN3O4/c17-10-5-8(6-13-14(10)24-4-3-23-13)15(21)18-9-1-2-11-12(7-9)20-16(22)19-11/h1-2,5-7H,3-4H2,(H,18,21)(H2,19,20,22). The molecule has 0 saturated heterocycles. The molecule has 0 aliphatic carbocycles. The van der Waals surface area contributed by atoms with E-state index in [2.05, 4.69) is 15.3 Å². The maximum Gasteiger partial charge on any atom is 0.323 e. The van der Waals surface area contributed by atoms with E-state index >= 15 is 0 Å². The highest BCUT2D eigenvalue weighted by Crippen LogP contribution is 2.38. The van der Waals surface area contributed by atoms with E-state index in [1.54, 1.807) is 24.3 Å². The fourth-order valence-electron chi connectivity index (χ4n) is 2.56. The topological polar surface area (TPSA) is 96.2 Å². The second kappa shape index (κ2) is 5.61. The average molecular weight is 346 g/mol. The largest absolute Gasteiger partial charge is 0.486 e. The Balaban J connectivity index is 1.63. The van der Waals surface area contributed by atoms with E-state index in [1.807, 2.05) is 0 Å². The molecule has 0 radical (unpaired) electrons. The van der Waals surface area contributed by atoms with Gasteiger partial charge in [-0.15, -0.1) is 0 Å². The lowest BCUT2D eigenvalue weighted by atomic mass is 10.1. The van der Waals surface area contributed by atoms with Crippen LogP contribution in [0, 0.1) is 0 Å². The second-order valence-electron chi connectivity index (χ2n) is 5.28. The minimum Gasteiger partial charge on any atom is -0.486 e. The predicted molar refractivity (Wildman–Crippen MR) is 89.3 cm³/mol. The number of H-pyrrole nitrogens is 2. The molecule has 3 N–H and O–H groups in total. The summed E-state index contributed by atoms with van der Waals surface area (Å²) in [5.74, 6) is 0.557. The van der Waals surface area contributed by atoms with Crippen LogP contribution in [0.5, 0.6) is 11.5 Å². The van der Waals surface area contributed by atoms with Gasteiger partial charge in [0.2, 0.25) is 0 Å². The lowest BCUT2D eigenvalue weighted by molar-refractivity contribution is 0.102. The van der Waals surface area contributed by atoms with Gasteiger partial charge in [0.15, 0.2) is 11.5 Å². The van der Waals surface area contributed by atoms with Gasteiger partial charge in [-0.3, -0.25) is 4.79 Å². The highest BCUT2D eigenvalue weighted by atomic mass is 35.5. The van der Waals surface area contributed by atoms with Crippen molar-refractivity contribution in [3.8, 4) is 11.5 Å². The maximum atomic E-state index is 12.4. The number of benzene rings is 2. The molecule has 8 heteroatoms. The molecule has 1 aliphatic rings. The minimum absolute atomic E-state index is 0.299. The third-order valence-corrected chi connectivity index (χ3v) is 3.91. The Morgan fingerprint density at radius 1 is 1.08 bits per heavy atom. The Morgan fingerprint density at radius 2 is 1.88 bits per heavy atom. The molecule has 0 atom stereocenters. The van der Waals surface area contributed by atoms with Gasteiger partial charge >= 0.3 is 5.69 Å². The number of amides is 1. The Hall–Kier alpha value is -2.93. The Morgan fingerprint density at radius 3 is 2.75 bits per heavy atom. The summed E-state index contributed by atoms with van der Waals surface area (Å²) >= 11 is 6.15. The number of anilines is 1. The van der Waals surface area contributed by atoms with E-state index in [1.165, 1.54) is 6.07 Å². The Labute approximate surface area is 140 Å². The molecule has 4 rings (SSSR count). The van der Waals surface area contributed by atoms with E-state index in [-0.39, 0.29) is 11.6 Å². The van der Waals surface area contributed by atoms with Crippen molar-refractivity contribution in [2.45, 2.75) is 0 Å². The summed E-state index contributed by atoms with van der Waals surface area (Å²) in [5.41, 5.74) is 1.88. The van der Waals surface area contributed by atoms with Crippen LogP contribution in [-0.2, 0) is 0 Å². The molecule has 0 unspecified atom stereocenters. The van der Waals surface area contributed by atoms with Crippen LogP contribution in [0.15, 0.2) is 35.1 Å². The number of hydrogen-bond acceptors (Lipinski definition) is 4. The molecule has 1 aromatic heterocycles. The van der Waals surface area contributed by atoms with E-state index in [4.69, 9.17) is 21.1 Å². The van der Waals surface area contributed by atoms with Gasteiger partial charge in [-0.05, 0) is 30.3 Å². The summed E-state index contributed by atoms with van der Waals surface area (Å²) in [7, 11) is 0. The number of nitrogens with one attached hydrogen (secondary N) is 3. The van der Waals surface area contributed by atoms with Crippen molar-refractivity contribution in [2.75, 3.05) is 18.5 Å². The molecular weight excluding hydrogens is 334 g/mol. The Bertz CT molecular complexity index is 1010. The molecule has 2 aromatic carbocycles. The fourth-order valence-corrected chi connectivity index (χ4v) is 2.82. The van der Waals surface area contributed by atoms with Crippen LogP contribution in [0.4, 0.5) is 5.69 Å². The molecule has 3 aromatic rings. The zero-order valence-corrected chi connectivity index (χ0v) is 13.1. The fraction of sp³-hybridized carbons (Fsp3) is 0.125. The van der Waals surface area contributed by atoms with Gasteiger partial charge in [0.25, 0.3) is 5.91 Å². The summed E-state index contributed by atoms with van der Waals surface area (Å²) in [6, 6.07) is 8.20. The van der Waals surface area contributed by atoms with Crippen LogP contribution < -0.4 is 20.5 Å². The number of imidazole rings is 1. The zero-order chi connectivity index (χ0) is 16.7. The summed E-state index contributed by atoms with van der Waals surface area (Å²) < 4.78 is 10.9. The van der Waals surface area contributed by atoms with Crippen molar-refractivity contribution in [1.29, 1.82) is 0 Å². The van der Waals surface area contributed by atoms with E-state index in [9.17, 15) is 9.59 Å². The molecule has 2 heterocycles. The maximum absolute atomic E-state index is 12.4. The van der Waals surface area contributed by atoms with E-state index in [0.717, 1.165) is 0 Å². The van der Waals surface area contributed by atoms with Crippen LogP contribution in [0.3, 0.4) is 0 Å². The average Bonchev–Trinajstić information content (AvgIpc) is 2.94. The lowest BCUT2D eigenvalue weighted by Crippen LogP contribution is -2.17. The molecule has 0 bridgehead atoms. The van der Waals surface area contributed by atoms with Gasteiger partial charge in [0, 0.05) is 11.3 Å². The third kappa shape index (κ3) is 2.59. The molecule has 24 heavy (non-hydrogen) atoms. The van der Waals surface area contributed by atoms with E-state index in [0.29, 0.717) is 52.0 Å². The number of rotatable bonds is 2. The first kappa shape index (κ1) is 14.6. The first-order valence-electron chi connectivity index (χ1n) is 7.23. The molecule has 0 saturated carbocycles. The third-order valence-electron chi connectivity index (χ3n) is 3.63. The molecule has 1 amide bonds. The predicted octanol–water partition coefficient (Wildman–Crippen LogP) is 2.53. The number of ether oxygens (including phenoxy) is 2. The smallest absolute Gasteiger partial charge is 0.323 e. The number of carbonyl (C=O) groups excluding carboxylic acids is 1. The van der Waals surface area contributed by atoms with Crippen LogP contribution in [0.1, 0.15) is 10.4 Å². The number of aromatic nitrogens is 2. The van der Waals surface area contributed by atoms with Gasteiger partial charge < -0.3 is 24.8 Å². The number of carbonyl (C=O) groups is 1. The van der Waals surface area contributed by atoms with Crippen molar-refractivity contribution >= 4 is 34.2 Å². The van der Waals surface area contributed by atoms with Gasteiger partial charge in [-0.25, -0.2) is 4.79 Å². The first-order valence-corrected chi connectivity index (χ1v) is 7.60. The summed E-state index contributed by atoms with van der Waals surface area (Å²) in [4.78, 5) is 29.0. The molecular formula is C16H12ClN3O4. The lowest BCUT2D eigenvalue weighted by Gasteiger charge is -2.20. The number of hydrogen-bond donors (Lipinski definition) is 3. The van der Waals surface area contributed by atoms with Crippen LogP contribution in [0.2, 0.25) is 5.02 Å². The van der Waals surface area contributed by atoms with Crippen LogP contribution in [0.25, 0.3) is 11.0 Å². The van der Waals surface area contributed by atoms with Gasteiger partial charge in [-0.1, -0.05) is 11.6 Å². The van der Waals surface area contributed by atoms with Crippen molar-refractivity contribution in [3.63, 3.8) is 0 Å². The Kier molecular flexibility index (Phi) is 3.42. The van der Waals surface area contributed by atoms with Crippen LogP contribution in [-0.4, -0.2) is 29.1 Å². The number of aromatic amines is 2. The van der Waals surface area contributed by atoms with E-state index < -0.39 is 0 Å². The molecule has 122 valence electrons. The number of halogens is 1. The van der Waals surface area contributed by atoms with Crippen molar-refractivity contribution in [2.24, 2.45) is 0 Å². The van der Waals surface area contributed by atoms with Gasteiger partial charge in [0.1, 0.15) is 13.2 Å². The minimum atomic E-state index is -0.342. The monoisotopic (exact) mass is 345 g/mol. The van der Waals surface area contributed by atoms with Gasteiger partial charge in [0.05, 0.1) is 16.1 Å². The summed E-state index contributed by atoms with van der Waals surface area (Å²) in [6.07, 6.45) is 0. The SMILES string of the molecule is O=C(Nc1ccc2[nH]c(=O)[nH]c2c1)c1cc(Cl)c2c(c1)OCCO2. The molecule has 0 fully saturated rings. The zero-order valence-electron chi connectivity index (χ0n) is 12.3. The van der Waals surface area contributed by atoms with Crippen molar-refractivity contribution in [1.82, 2.24) is 9.97 Å². The first-order chi connectivity index (χ1) is 11.6. The number of fused-ring (bicyclic) bond motifs is 2. The highest BCUT2D eigenvalue weighted by Gasteiger charge is 2.19. The van der Waals surface area contributed by atoms with Crippen molar-refractivity contribution in [3.05, 3.63) is 51.4 Å². The molecule has 1 aliphatic heterocycles. The highest BCUT2D eigenvalue weighted by molar-refractivity contribution is 6.32. The normalized spacial score (nSPS) is 13.0. The summed E-state index contributed by atoms with van der Waals surface area (Å²) in [6.45, 7) is 0.832. The quantitative estimate of drug-likeness (QED) is 0.665.